The van der Waals surface area contributed by atoms with Crippen molar-refractivity contribution in [3.05, 3.63) is 74.5 Å². The molecule has 2 aromatic rings. The fourth-order valence-electron chi connectivity index (χ4n) is 1.86. The summed E-state index contributed by atoms with van der Waals surface area (Å²) in [6.07, 6.45) is 1.19. The highest BCUT2D eigenvalue weighted by Crippen LogP contribution is 2.24. The van der Waals surface area contributed by atoms with E-state index in [1.54, 1.807) is 0 Å². The highest BCUT2D eigenvalue weighted by molar-refractivity contribution is 6.32. The van der Waals surface area contributed by atoms with Crippen LogP contribution in [-0.4, -0.2) is 29.5 Å². The van der Waals surface area contributed by atoms with Crippen LogP contribution in [0, 0.1) is 15.9 Å². The minimum Gasteiger partial charge on any atom is -0.343 e. The minimum absolute atomic E-state index is 0.0174. The van der Waals surface area contributed by atoms with Crippen LogP contribution in [0.4, 0.5) is 10.1 Å². The van der Waals surface area contributed by atoms with E-state index in [2.05, 4.69) is 15.8 Å². The van der Waals surface area contributed by atoms with Crippen molar-refractivity contribution in [2.45, 2.75) is 0 Å². The molecule has 0 aliphatic heterocycles. The van der Waals surface area contributed by atoms with Gasteiger partial charge in [0, 0.05) is 17.2 Å². The molecule has 8 nitrogen and oxygen atoms in total. The summed E-state index contributed by atoms with van der Waals surface area (Å²) in [5.41, 5.74) is 2.29. The summed E-state index contributed by atoms with van der Waals surface area (Å²) < 4.78 is 13.0. The lowest BCUT2D eigenvalue weighted by molar-refractivity contribution is -0.384. The molecule has 0 radical (unpaired) electrons. The van der Waals surface area contributed by atoms with Crippen molar-refractivity contribution < 1.29 is 18.9 Å². The standard InChI is InChI=1S/C16H12ClFN4O4/c17-13-5-4-10(6-14(13)22(25)26)8-20-21-15(23)9-19-16(24)11-2-1-3-12(18)7-11/h1-8H,9H2,(H,19,24)(H,21,23). The van der Waals surface area contributed by atoms with E-state index < -0.39 is 22.6 Å². The molecule has 2 N–H and O–H groups in total. The molecule has 0 unspecified atom stereocenters. The van der Waals surface area contributed by atoms with E-state index in [0.717, 1.165) is 6.07 Å². The van der Waals surface area contributed by atoms with Gasteiger partial charge in [-0.3, -0.25) is 19.7 Å². The number of amides is 2. The molecule has 0 aromatic heterocycles. The van der Waals surface area contributed by atoms with Crippen molar-refractivity contribution in [2.75, 3.05) is 6.54 Å². The Bertz CT molecular complexity index is 888. The molecule has 10 heteroatoms. The second-order valence-corrected chi connectivity index (χ2v) is 5.36. The number of halogens is 2. The molecular formula is C16H12ClFN4O4. The van der Waals surface area contributed by atoms with Gasteiger partial charge >= 0.3 is 0 Å². The molecule has 0 atom stereocenters. The lowest BCUT2D eigenvalue weighted by Gasteiger charge is -2.04. The molecule has 2 aromatic carbocycles. The van der Waals surface area contributed by atoms with Crippen LogP contribution in [0.25, 0.3) is 0 Å². The maximum Gasteiger partial charge on any atom is 0.288 e. The Kier molecular flexibility index (Phi) is 6.34. The van der Waals surface area contributed by atoms with Crippen molar-refractivity contribution in [1.29, 1.82) is 0 Å². The summed E-state index contributed by atoms with van der Waals surface area (Å²) in [5, 5.41) is 16.7. The maximum absolute atomic E-state index is 13.0. The molecular weight excluding hydrogens is 367 g/mol. The van der Waals surface area contributed by atoms with E-state index in [1.807, 2.05) is 0 Å². The van der Waals surface area contributed by atoms with Gasteiger partial charge in [-0.05, 0) is 24.3 Å². The van der Waals surface area contributed by atoms with Gasteiger partial charge in [0.1, 0.15) is 10.8 Å². The molecule has 26 heavy (non-hydrogen) atoms. The van der Waals surface area contributed by atoms with Crippen molar-refractivity contribution in [1.82, 2.24) is 10.7 Å². The zero-order valence-corrected chi connectivity index (χ0v) is 13.9. The monoisotopic (exact) mass is 378 g/mol. The van der Waals surface area contributed by atoms with Crippen LogP contribution in [-0.2, 0) is 4.79 Å². The Morgan fingerprint density at radius 1 is 1.27 bits per heavy atom. The Labute approximate surface area is 151 Å². The number of rotatable bonds is 6. The highest BCUT2D eigenvalue weighted by Gasteiger charge is 2.12. The van der Waals surface area contributed by atoms with Crippen LogP contribution in [0.15, 0.2) is 47.6 Å². The van der Waals surface area contributed by atoms with Gasteiger partial charge < -0.3 is 5.32 Å². The summed E-state index contributed by atoms with van der Waals surface area (Å²) in [6.45, 7) is -0.381. The van der Waals surface area contributed by atoms with Gasteiger partial charge in [0.15, 0.2) is 0 Å². The zero-order chi connectivity index (χ0) is 19.1. The Hall–Kier alpha value is -3.33. The molecule has 0 spiro atoms. The van der Waals surface area contributed by atoms with E-state index in [4.69, 9.17) is 11.6 Å². The lowest BCUT2D eigenvalue weighted by atomic mass is 10.2. The molecule has 0 heterocycles. The van der Waals surface area contributed by atoms with Crippen LogP contribution in [0.2, 0.25) is 5.02 Å². The Morgan fingerprint density at radius 2 is 2.04 bits per heavy atom. The van der Waals surface area contributed by atoms with Crippen molar-refractivity contribution in [2.24, 2.45) is 5.10 Å². The van der Waals surface area contributed by atoms with Crippen LogP contribution in [0.1, 0.15) is 15.9 Å². The van der Waals surface area contributed by atoms with Crippen LogP contribution >= 0.6 is 11.6 Å². The van der Waals surface area contributed by atoms with E-state index in [9.17, 15) is 24.1 Å². The number of carbonyl (C=O) groups excluding carboxylic acids is 2. The van der Waals surface area contributed by atoms with Gasteiger partial charge in [-0.2, -0.15) is 5.10 Å². The predicted octanol–water partition coefficient (Wildman–Crippen LogP) is 2.27. The summed E-state index contributed by atoms with van der Waals surface area (Å²) in [7, 11) is 0. The number of carbonyl (C=O) groups is 2. The quantitative estimate of drug-likeness (QED) is 0.456. The van der Waals surface area contributed by atoms with Gasteiger partial charge in [0.25, 0.3) is 17.5 Å². The van der Waals surface area contributed by atoms with Crippen molar-refractivity contribution in [3.8, 4) is 0 Å². The third kappa shape index (κ3) is 5.35. The number of nitro benzene ring substituents is 1. The number of hydrogen-bond acceptors (Lipinski definition) is 5. The SMILES string of the molecule is O=C(CNC(=O)c1cccc(F)c1)NN=Cc1ccc(Cl)c([N+](=O)[O-])c1. The number of hydrogen-bond donors (Lipinski definition) is 2. The summed E-state index contributed by atoms with van der Waals surface area (Å²) in [4.78, 5) is 33.5. The fraction of sp³-hybridized carbons (Fsp3) is 0.0625. The van der Waals surface area contributed by atoms with Crippen molar-refractivity contribution in [3.63, 3.8) is 0 Å². The van der Waals surface area contributed by atoms with E-state index >= 15 is 0 Å². The second kappa shape index (κ2) is 8.67. The molecule has 0 bridgehead atoms. The maximum atomic E-state index is 13.0. The lowest BCUT2D eigenvalue weighted by Crippen LogP contribution is -2.34. The van der Waals surface area contributed by atoms with E-state index in [0.29, 0.717) is 5.56 Å². The zero-order valence-electron chi connectivity index (χ0n) is 13.1. The number of benzene rings is 2. The topological polar surface area (TPSA) is 114 Å². The molecule has 2 rings (SSSR count). The average molecular weight is 379 g/mol. The minimum atomic E-state index is -0.639. The summed E-state index contributed by atoms with van der Waals surface area (Å²) in [5.74, 6) is -1.81. The Balaban J connectivity index is 1.87. The van der Waals surface area contributed by atoms with E-state index in [1.165, 1.54) is 42.6 Å². The van der Waals surface area contributed by atoms with Crippen LogP contribution in [0.3, 0.4) is 0 Å². The molecule has 0 fully saturated rings. The molecule has 0 aliphatic rings. The number of nitrogens with one attached hydrogen (secondary N) is 2. The third-order valence-corrected chi connectivity index (χ3v) is 3.39. The first-order valence-electron chi connectivity index (χ1n) is 7.16. The molecule has 0 saturated carbocycles. The third-order valence-electron chi connectivity index (χ3n) is 3.07. The predicted molar refractivity (Wildman–Crippen MR) is 92.6 cm³/mol. The average Bonchev–Trinajstić information content (AvgIpc) is 2.60. The van der Waals surface area contributed by atoms with Gasteiger partial charge in [0.2, 0.25) is 0 Å². The number of hydrazone groups is 1. The molecule has 134 valence electrons. The number of nitrogens with zero attached hydrogens (tertiary/aromatic N) is 2. The first-order valence-corrected chi connectivity index (χ1v) is 7.54. The van der Waals surface area contributed by atoms with Gasteiger partial charge in [-0.25, -0.2) is 9.82 Å². The van der Waals surface area contributed by atoms with E-state index in [-0.39, 0.29) is 22.8 Å². The fourth-order valence-corrected chi connectivity index (χ4v) is 2.05. The summed E-state index contributed by atoms with van der Waals surface area (Å²) >= 11 is 5.69. The van der Waals surface area contributed by atoms with Crippen LogP contribution in [0.5, 0.6) is 0 Å². The number of nitro groups is 1. The largest absolute Gasteiger partial charge is 0.343 e. The first-order chi connectivity index (χ1) is 12.4. The second-order valence-electron chi connectivity index (χ2n) is 4.95. The first kappa shape index (κ1) is 19.0. The van der Waals surface area contributed by atoms with Gasteiger partial charge in [-0.1, -0.05) is 23.7 Å². The summed E-state index contributed by atoms with van der Waals surface area (Å²) in [6, 6.07) is 9.03. The molecule has 0 saturated heterocycles. The van der Waals surface area contributed by atoms with Crippen LogP contribution < -0.4 is 10.7 Å². The highest BCUT2D eigenvalue weighted by atomic mass is 35.5. The van der Waals surface area contributed by atoms with Gasteiger partial charge in [0.05, 0.1) is 17.7 Å². The van der Waals surface area contributed by atoms with Gasteiger partial charge in [-0.15, -0.1) is 0 Å². The molecule has 0 aliphatic carbocycles. The Morgan fingerprint density at radius 3 is 2.73 bits per heavy atom. The van der Waals surface area contributed by atoms with Crippen molar-refractivity contribution >= 4 is 35.3 Å². The molecule has 2 amide bonds. The smallest absolute Gasteiger partial charge is 0.288 e. The normalized spacial score (nSPS) is 10.5.